The second kappa shape index (κ2) is 3.69. The van der Waals surface area contributed by atoms with E-state index in [1.807, 2.05) is 22.6 Å². The van der Waals surface area contributed by atoms with Crippen molar-refractivity contribution < 1.29 is 9.18 Å². The number of ketones is 1. The molecular formula is C9H4BrFINO. The number of allylic oxidation sites excluding steroid dienone is 5. The summed E-state index contributed by atoms with van der Waals surface area (Å²) in [4.78, 5) is 15.7. The molecule has 2 nitrogen and oxygen atoms in total. The van der Waals surface area contributed by atoms with Crippen molar-refractivity contribution in [1.29, 1.82) is 0 Å². The van der Waals surface area contributed by atoms with Crippen molar-refractivity contribution in [1.82, 2.24) is 0 Å². The molecule has 14 heavy (non-hydrogen) atoms. The quantitative estimate of drug-likeness (QED) is 0.605. The van der Waals surface area contributed by atoms with Gasteiger partial charge in [-0.15, -0.1) is 0 Å². The van der Waals surface area contributed by atoms with Crippen LogP contribution in [0.15, 0.2) is 37.2 Å². The minimum atomic E-state index is -0.841. The average molecular weight is 368 g/mol. The number of Topliss-reactive ketones (excluding diaryl/α,β-unsaturated/α-hetero) is 1. The maximum absolute atomic E-state index is 13.4. The molecule has 0 aromatic rings. The third-order valence-corrected chi connectivity index (χ3v) is 3.48. The number of aliphatic imine (C=N–C) groups is 1. The van der Waals surface area contributed by atoms with Gasteiger partial charge < -0.3 is 0 Å². The van der Waals surface area contributed by atoms with Gasteiger partial charge in [-0.05, 0) is 50.7 Å². The number of fused-ring (bicyclic) bond motifs is 1. The zero-order valence-electron chi connectivity index (χ0n) is 6.80. The van der Waals surface area contributed by atoms with Crippen molar-refractivity contribution in [2.24, 2.45) is 10.9 Å². The average Bonchev–Trinajstić information content (AvgIpc) is 2.16. The number of carbonyl (C=O) groups is 1. The summed E-state index contributed by atoms with van der Waals surface area (Å²) in [6.45, 7) is 0. The fourth-order valence-corrected chi connectivity index (χ4v) is 2.23. The highest BCUT2D eigenvalue weighted by Gasteiger charge is 2.35. The summed E-state index contributed by atoms with van der Waals surface area (Å²) in [5, 5.41) is 0. The van der Waals surface area contributed by atoms with Crippen LogP contribution in [0.3, 0.4) is 0 Å². The molecule has 1 atom stereocenters. The topological polar surface area (TPSA) is 29.4 Å². The lowest BCUT2D eigenvalue weighted by Gasteiger charge is -2.21. The van der Waals surface area contributed by atoms with Crippen LogP contribution in [-0.2, 0) is 4.79 Å². The van der Waals surface area contributed by atoms with Crippen molar-refractivity contribution in [3.8, 4) is 0 Å². The molecule has 0 N–H and O–H groups in total. The van der Waals surface area contributed by atoms with Gasteiger partial charge in [-0.1, -0.05) is 0 Å². The first-order valence-electron chi connectivity index (χ1n) is 3.82. The van der Waals surface area contributed by atoms with Crippen molar-refractivity contribution in [2.45, 2.75) is 0 Å². The Hall–Kier alpha value is -0.300. The molecule has 72 valence electrons. The zero-order valence-corrected chi connectivity index (χ0v) is 10.5. The summed E-state index contributed by atoms with van der Waals surface area (Å²) in [7, 11) is 0. The van der Waals surface area contributed by atoms with E-state index >= 15 is 0 Å². The van der Waals surface area contributed by atoms with Gasteiger partial charge in [0.05, 0.1) is 9.29 Å². The van der Waals surface area contributed by atoms with Crippen LogP contribution in [0.25, 0.3) is 0 Å². The van der Waals surface area contributed by atoms with E-state index < -0.39 is 11.7 Å². The lowest BCUT2D eigenvalue weighted by atomic mass is 9.91. The SMILES string of the molecule is O=C1C(I)=CN=C2C(Br)=CC=C(F)C12. The van der Waals surface area contributed by atoms with Gasteiger partial charge in [-0.2, -0.15) is 0 Å². The lowest BCUT2D eigenvalue weighted by molar-refractivity contribution is -0.116. The second-order valence-corrected chi connectivity index (χ2v) is 4.87. The van der Waals surface area contributed by atoms with E-state index in [1.54, 1.807) is 6.08 Å². The molecule has 0 amide bonds. The molecule has 2 rings (SSSR count). The van der Waals surface area contributed by atoms with E-state index in [0.717, 1.165) is 0 Å². The highest BCUT2D eigenvalue weighted by atomic mass is 127. The Morgan fingerprint density at radius 3 is 2.93 bits per heavy atom. The number of rotatable bonds is 0. The van der Waals surface area contributed by atoms with E-state index in [4.69, 9.17) is 0 Å². The molecule has 0 saturated carbocycles. The molecule has 0 fully saturated rings. The molecular weight excluding hydrogens is 364 g/mol. The van der Waals surface area contributed by atoms with Gasteiger partial charge in [0, 0.05) is 10.7 Å². The summed E-state index contributed by atoms with van der Waals surface area (Å²) >= 11 is 5.10. The first-order valence-corrected chi connectivity index (χ1v) is 5.69. The molecule has 0 radical (unpaired) electrons. The van der Waals surface area contributed by atoms with Crippen LogP contribution in [0.4, 0.5) is 4.39 Å². The molecule has 5 heteroatoms. The molecule has 1 aliphatic carbocycles. The Kier molecular flexibility index (Phi) is 2.70. The largest absolute Gasteiger partial charge is 0.292 e. The summed E-state index contributed by atoms with van der Waals surface area (Å²) in [5.74, 6) is -1.51. The van der Waals surface area contributed by atoms with E-state index in [2.05, 4.69) is 20.9 Å². The predicted molar refractivity (Wildman–Crippen MR) is 64.2 cm³/mol. The predicted octanol–water partition coefficient (Wildman–Crippen LogP) is 3.05. The first kappa shape index (κ1) is 10.2. The molecule has 0 aromatic heterocycles. The Bertz CT molecular complexity index is 434. The molecule has 0 aromatic carbocycles. The van der Waals surface area contributed by atoms with Gasteiger partial charge in [-0.3, -0.25) is 9.79 Å². The highest BCUT2D eigenvalue weighted by molar-refractivity contribution is 14.1. The zero-order chi connectivity index (χ0) is 10.3. The Morgan fingerprint density at radius 1 is 1.50 bits per heavy atom. The van der Waals surface area contributed by atoms with Crippen molar-refractivity contribution >= 4 is 50.0 Å². The van der Waals surface area contributed by atoms with Crippen LogP contribution in [-0.4, -0.2) is 11.5 Å². The molecule has 0 spiro atoms. The van der Waals surface area contributed by atoms with Crippen LogP contribution >= 0.6 is 38.5 Å². The van der Waals surface area contributed by atoms with E-state index in [1.165, 1.54) is 12.3 Å². The van der Waals surface area contributed by atoms with Crippen molar-refractivity contribution in [2.75, 3.05) is 0 Å². The van der Waals surface area contributed by atoms with E-state index in [9.17, 15) is 9.18 Å². The number of nitrogens with zero attached hydrogens (tertiary/aromatic N) is 1. The Labute approximate surface area is 102 Å². The van der Waals surface area contributed by atoms with E-state index in [0.29, 0.717) is 13.8 Å². The second-order valence-electron chi connectivity index (χ2n) is 2.85. The summed E-state index contributed by atoms with van der Waals surface area (Å²) < 4.78 is 14.5. The maximum Gasteiger partial charge on any atom is 0.186 e. The minimum absolute atomic E-state index is 0.227. The van der Waals surface area contributed by atoms with Crippen LogP contribution in [0.2, 0.25) is 0 Å². The van der Waals surface area contributed by atoms with Crippen LogP contribution in [0, 0.1) is 5.92 Å². The molecule has 1 aliphatic heterocycles. The normalized spacial score (nSPS) is 25.9. The van der Waals surface area contributed by atoms with Gasteiger partial charge in [0.15, 0.2) is 5.78 Å². The Morgan fingerprint density at radius 2 is 2.21 bits per heavy atom. The molecule has 1 heterocycles. The van der Waals surface area contributed by atoms with Gasteiger partial charge >= 0.3 is 0 Å². The van der Waals surface area contributed by atoms with Gasteiger partial charge in [0.25, 0.3) is 0 Å². The third-order valence-electron chi connectivity index (χ3n) is 2.00. The van der Waals surface area contributed by atoms with Crippen molar-refractivity contribution in [3.05, 3.63) is 32.2 Å². The van der Waals surface area contributed by atoms with Crippen molar-refractivity contribution in [3.63, 3.8) is 0 Å². The molecule has 0 bridgehead atoms. The lowest BCUT2D eigenvalue weighted by Crippen LogP contribution is -2.29. The number of hydrogen-bond donors (Lipinski definition) is 0. The summed E-state index contributed by atoms with van der Waals surface area (Å²) in [6, 6.07) is 0. The van der Waals surface area contributed by atoms with Crippen LogP contribution in [0.1, 0.15) is 0 Å². The number of hydrogen-bond acceptors (Lipinski definition) is 2. The molecule has 1 unspecified atom stereocenters. The highest BCUT2D eigenvalue weighted by Crippen LogP contribution is 2.33. The fraction of sp³-hybridized carbons (Fsp3) is 0.111. The van der Waals surface area contributed by atoms with Gasteiger partial charge in [-0.25, -0.2) is 4.39 Å². The number of halogens is 3. The summed E-state index contributed by atoms with van der Waals surface area (Å²) in [6.07, 6.45) is 4.31. The standard InChI is InChI=1S/C9H4BrFINO/c10-4-1-2-5(11)7-8(4)13-3-6(12)9(7)14/h1-3,7H. The monoisotopic (exact) mass is 367 g/mol. The fourth-order valence-electron chi connectivity index (χ4n) is 1.32. The third kappa shape index (κ3) is 1.52. The summed E-state index contributed by atoms with van der Waals surface area (Å²) in [5.41, 5.74) is 0.454. The van der Waals surface area contributed by atoms with E-state index in [-0.39, 0.29) is 5.78 Å². The molecule has 2 aliphatic rings. The Balaban J connectivity index is 2.55. The van der Waals surface area contributed by atoms with Gasteiger partial charge in [0.2, 0.25) is 0 Å². The van der Waals surface area contributed by atoms with Gasteiger partial charge in [0.1, 0.15) is 11.7 Å². The first-order chi connectivity index (χ1) is 6.61. The maximum atomic E-state index is 13.4. The smallest absolute Gasteiger partial charge is 0.186 e. The van der Waals surface area contributed by atoms with Crippen LogP contribution in [0.5, 0.6) is 0 Å². The minimum Gasteiger partial charge on any atom is -0.292 e. The van der Waals surface area contributed by atoms with Crippen LogP contribution < -0.4 is 0 Å². The molecule has 0 saturated heterocycles. The number of carbonyl (C=O) groups excluding carboxylic acids is 1.